The van der Waals surface area contributed by atoms with E-state index >= 15 is 0 Å². The third-order valence-electron chi connectivity index (χ3n) is 4.17. The molecule has 1 aliphatic rings. The van der Waals surface area contributed by atoms with Crippen LogP contribution in [0.2, 0.25) is 0 Å². The van der Waals surface area contributed by atoms with E-state index in [1.165, 1.54) is 0 Å². The minimum absolute atomic E-state index is 0.117. The second kappa shape index (κ2) is 8.69. The van der Waals surface area contributed by atoms with Crippen molar-refractivity contribution in [2.45, 2.75) is 45.6 Å². The minimum atomic E-state index is -0.497. The summed E-state index contributed by atoms with van der Waals surface area (Å²) in [6.07, 6.45) is 1.64. The van der Waals surface area contributed by atoms with Crippen LogP contribution in [0.25, 0.3) is 0 Å². The van der Waals surface area contributed by atoms with E-state index in [0.29, 0.717) is 25.3 Å². The first kappa shape index (κ1) is 19.8. The number of benzene rings is 1. The summed E-state index contributed by atoms with van der Waals surface area (Å²) >= 11 is 0. The average molecular weight is 360 g/mol. The van der Waals surface area contributed by atoms with Crippen molar-refractivity contribution in [1.29, 1.82) is 0 Å². The van der Waals surface area contributed by atoms with E-state index < -0.39 is 5.60 Å². The maximum Gasteiger partial charge on any atom is 0.410 e. The van der Waals surface area contributed by atoms with E-state index in [4.69, 9.17) is 10.6 Å². The highest BCUT2D eigenvalue weighted by atomic mass is 16.6. The zero-order valence-corrected chi connectivity index (χ0v) is 15.7. The van der Waals surface area contributed by atoms with Crippen molar-refractivity contribution in [1.82, 2.24) is 10.2 Å². The van der Waals surface area contributed by atoms with Crippen LogP contribution in [0.5, 0.6) is 0 Å². The lowest BCUT2D eigenvalue weighted by Gasteiger charge is -2.33. The molecule has 0 saturated carbocycles. The number of hydrogen-bond donors (Lipinski definition) is 2. The molecule has 0 bridgehead atoms. The fraction of sp³-hybridized carbons (Fsp3) is 0.526. The van der Waals surface area contributed by atoms with Gasteiger partial charge in [0.15, 0.2) is 5.84 Å². The van der Waals surface area contributed by atoms with Gasteiger partial charge in [0.05, 0.1) is 0 Å². The minimum Gasteiger partial charge on any atom is -0.444 e. The molecule has 1 fully saturated rings. The fourth-order valence-corrected chi connectivity index (χ4v) is 2.87. The molecule has 2 amide bonds. The summed E-state index contributed by atoms with van der Waals surface area (Å²) < 4.78 is 5.39. The lowest BCUT2D eigenvalue weighted by atomic mass is 9.93. The molecule has 7 nitrogen and oxygen atoms in total. The number of nitrogens with one attached hydrogen (secondary N) is 1. The number of rotatable bonds is 3. The highest BCUT2D eigenvalue weighted by Crippen LogP contribution is 2.22. The fourth-order valence-electron chi connectivity index (χ4n) is 2.87. The largest absolute Gasteiger partial charge is 0.444 e. The van der Waals surface area contributed by atoms with Crippen LogP contribution in [0.15, 0.2) is 35.4 Å². The van der Waals surface area contributed by atoms with Gasteiger partial charge >= 0.3 is 6.09 Å². The number of nitrogens with zero attached hydrogens (tertiary/aromatic N) is 2. The first-order valence-corrected chi connectivity index (χ1v) is 8.89. The number of ether oxygens (including phenoxy) is 1. The first-order chi connectivity index (χ1) is 12.3. The van der Waals surface area contributed by atoms with Crippen molar-refractivity contribution < 1.29 is 14.3 Å². The van der Waals surface area contributed by atoms with Crippen molar-refractivity contribution in [3.8, 4) is 0 Å². The molecule has 0 radical (unpaired) electrons. The van der Waals surface area contributed by atoms with Crippen molar-refractivity contribution in [2.24, 2.45) is 16.9 Å². The molecule has 1 aromatic carbocycles. The van der Waals surface area contributed by atoms with Crippen molar-refractivity contribution in [2.75, 3.05) is 13.1 Å². The summed E-state index contributed by atoms with van der Waals surface area (Å²) in [5.74, 6) is 5.87. The first-order valence-electron chi connectivity index (χ1n) is 8.89. The highest BCUT2D eigenvalue weighted by Gasteiger charge is 2.28. The summed E-state index contributed by atoms with van der Waals surface area (Å²) in [6, 6.07) is 9.28. The smallest absolute Gasteiger partial charge is 0.410 e. The monoisotopic (exact) mass is 360 g/mol. The number of nitrogens with two attached hydrogens (primary N) is 1. The van der Waals surface area contributed by atoms with E-state index in [0.717, 1.165) is 18.4 Å². The average Bonchev–Trinajstić information content (AvgIpc) is 2.59. The molecule has 0 aliphatic carbocycles. The molecule has 7 heteroatoms. The Morgan fingerprint density at radius 2 is 1.85 bits per heavy atom. The van der Waals surface area contributed by atoms with Gasteiger partial charge in [0.2, 0.25) is 5.91 Å². The zero-order valence-electron chi connectivity index (χ0n) is 15.7. The van der Waals surface area contributed by atoms with E-state index in [1.54, 1.807) is 4.90 Å². The summed E-state index contributed by atoms with van der Waals surface area (Å²) in [5, 5.41) is 6.45. The lowest BCUT2D eigenvalue weighted by Crippen LogP contribution is -2.42. The molecule has 3 N–H and O–H groups in total. The summed E-state index contributed by atoms with van der Waals surface area (Å²) in [6.45, 7) is 6.76. The summed E-state index contributed by atoms with van der Waals surface area (Å²) in [4.78, 5) is 26.1. The number of amidine groups is 1. The van der Waals surface area contributed by atoms with Crippen LogP contribution in [-0.4, -0.2) is 41.4 Å². The molecule has 1 aliphatic heterocycles. The quantitative estimate of drug-likeness (QED) is 0.374. The maximum absolute atomic E-state index is 12.3. The van der Waals surface area contributed by atoms with Gasteiger partial charge in [-0.1, -0.05) is 30.3 Å². The Hall–Kier alpha value is -2.57. The number of carbonyl (C=O) groups excluding carboxylic acids is 2. The van der Waals surface area contributed by atoms with Crippen molar-refractivity contribution >= 4 is 17.8 Å². The third kappa shape index (κ3) is 6.06. The molecule has 1 saturated heterocycles. The number of likely N-dealkylation sites (tertiary alicyclic amines) is 1. The van der Waals surface area contributed by atoms with Crippen molar-refractivity contribution in [3.63, 3.8) is 0 Å². The van der Waals surface area contributed by atoms with E-state index in [-0.39, 0.29) is 17.9 Å². The number of hydrazone groups is 1. The number of carbonyl (C=O) groups is 2. The van der Waals surface area contributed by atoms with Gasteiger partial charge in [-0.2, -0.15) is 5.10 Å². The van der Waals surface area contributed by atoms with Gasteiger partial charge in [-0.25, -0.2) is 4.79 Å². The molecular weight excluding hydrogens is 332 g/mol. The highest BCUT2D eigenvalue weighted by molar-refractivity contribution is 6.07. The Balaban J connectivity index is 1.80. The zero-order chi connectivity index (χ0) is 19.2. The van der Waals surface area contributed by atoms with Crippen LogP contribution in [0.4, 0.5) is 4.79 Å². The van der Waals surface area contributed by atoms with E-state index in [2.05, 4.69) is 10.4 Å². The predicted molar refractivity (Wildman–Crippen MR) is 100 cm³/mol. The summed E-state index contributed by atoms with van der Waals surface area (Å²) in [5.41, 5.74) is 0.270. The maximum atomic E-state index is 12.3. The van der Waals surface area contributed by atoms with Crippen LogP contribution in [0, 0.1) is 5.92 Å². The van der Waals surface area contributed by atoms with Gasteiger partial charge in [-0.05, 0) is 39.5 Å². The van der Waals surface area contributed by atoms with E-state index in [9.17, 15) is 9.59 Å². The molecule has 0 aromatic heterocycles. The standard InChI is InChI=1S/C19H28N4O3/c1-19(2,3)26-18(25)23-11-9-14(10-12-23)13-16(24)21-17(22-20)15-7-5-4-6-8-15/h4-8,14H,9-13,20H2,1-3H3,(H,21,22,24). The predicted octanol–water partition coefficient (Wildman–Crippen LogP) is 2.46. The molecule has 0 atom stereocenters. The molecule has 2 rings (SSSR count). The Bertz CT molecular complexity index is 644. The van der Waals surface area contributed by atoms with Gasteiger partial charge in [0.1, 0.15) is 5.60 Å². The van der Waals surface area contributed by atoms with E-state index in [1.807, 2.05) is 51.1 Å². The van der Waals surface area contributed by atoms with Crippen LogP contribution in [0.1, 0.15) is 45.6 Å². The Morgan fingerprint density at radius 3 is 2.38 bits per heavy atom. The number of amides is 2. The SMILES string of the molecule is CC(C)(C)OC(=O)N1CCC(CC(=O)N/C(=N/N)c2ccccc2)CC1. The molecule has 1 heterocycles. The van der Waals surface area contributed by atoms with Gasteiger partial charge in [-0.3, -0.25) is 4.79 Å². The van der Waals surface area contributed by atoms with Gasteiger partial charge in [-0.15, -0.1) is 0 Å². The number of piperidine rings is 1. The van der Waals surface area contributed by atoms with Gasteiger partial charge in [0, 0.05) is 25.1 Å². The Morgan fingerprint density at radius 1 is 1.23 bits per heavy atom. The van der Waals surface area contributed by atoms with Crippen LogP contribution in [0.3, 0.4) is 0 Å². The molecular formula is C19H28N4O3. The second-order valence-electron chi connectivity index (χ2n) is 7.51. The lowest BCUT2D eigenvalue weighted by molar-refractivity contribution is -0.120. The van der Waals surface area contributed by atoms with Gasteiger partial charge in [0.25, 0.3) is 0 Å². The van der Waals surface area contributed by atoms with Crippen LogP contribution < -0.4 is 11.2 Å². The topological polar surface area (TPSA) is 97.0 Å². The molecule has 0 spiro atoms. The molecule has 0 unspecified atom stereocenters. The Labute approximate surface area is 154 Å². The molecule has 142 valence electrons. The van der Waals surface area contributed by atoms with Gasteiger partial charge < -0.3 is 20.8 Å². The van der Waals surface area contributed by atoms with Crippen LogP contribution >= 0.6 is 0 Å². The molecule has 26 heavy (non-hydrogen) atoms. The number of hydrogen-bond acceptors (Lipinski definition) is 5. The second-order valence-corrected chi connectivity index (χ2v) is 7.51. The molecule has 1 aromatic rings. The third-order valence-corrected chi connectivity index (χ3v) is 4.17. The van der Waals surface area contributed by atoms with Crippen LogP contribution in [-0.2, 0) is 9.53 Å². The normalized spacial score (nSPS) is 16.3. The summed E-state index contributed by atoms with van der Waals surface area (Å²) in [7, 11) is 0. The Kier molecular flexibility index (Phi) is 6.60. The van der Waals surface area contributed by atoms with Crippen molar-refractivity contribution in [3.05, 3.63) is 35.9 Å².